The van der Waals surface area contributed by atoms with Crippen molar-refractivity contribution in [3.05, 3.63) is 0 Å². The van der Waals surface area contributed by atoms with Crippen LogP contribution in [0.25, 0.3) is 0 Å². The molecule has 0 saturated heterocycles. The topological polar surface area (TPSA) is 64.3 Å². The smallest absolute Gasteiger partial charge is 0.250 e. The first-order valence-corrected chi connectivity index (χ1v) is 6.62. The summed E-state index contributed by atoms with van der Waals surface area (Å²) >= 11 is 0. The summed E-state index contributed by atoms with van der Waals surface area (Å²) in [6, 6.07) is 0. The van der Waals surface area contributed by atoms with Gasteiger partial charge in [0.1, 0.15) is 6.10 Å². The van der Waals surface area contributed by atoms with E-state index in [4.69, 9.17) is 10.5 Å². The average molecular weight is 244 g/mol. The SMILES string of the molecule is COC(CN)C(=O)NCCCCCCC(C)C. The summed E-state index contributed by atoms with van der Waals surface area (Å²) in [5, 5.41) is 2.84. The lowest BCUT2D eigenvalue weighted by molar-refractivity contribution is -0.130. The van der Waals surface area contributed by atoms with Crippen molar-refractivity contribution in [3.63, 3.8) is 0 Å². The van der Waals surface area contributed by atoms with Crippen molar-refractivity contribution in [3.8, 4) is 0 Å². The van der Waals surface area contributed by atoms with Gasteiger partial charge in [-0.2, -0.15) is 0 Å². The third-order valence-corrected chi connectivity index (χ3v) is 2.80. The van der Waals surface area contributed by atoms with Crippen LogP contribution in [0.4, 0.5) is 0 Å². The second-order valence-electron chi connectivity index (χ2n) is 4.85. The number of nitrogens with one attached hydrogen (secondary N) is 1. The number of nitrogens with two attached hydrogens (primary N) is 1. The van der Waals surface area contributed by atoms with Crippen molar-refractivity contribution in [2.24, 2.45) is 11.7 Å². The van der Waals surface area contributed by atoms with Crippen LogP contribution in [0.5, 0.6) is 0 Å². The molecule has 0 heterocycles. The molecule has 1 unspecified atom stereocenters. The number of unbranched alkanes of at least 4 members (excludes halogenated alkanes) is 3. The van der Waals surface area contributed by atoms with Crippen molar-refractivity contribution < 1.29 is 9.53 Å². The molecule has 4 heteroatoms. The van der Waals surface area contributed by atoms with E-state index in [1.165, 1.54) is 32.8 Å². The Bertz CT molecular complexity index is 192. The van der Waals surface area contributed by atoms with Crippen LogP contribution < -0.4 is 11.1 Å². The number of carbonyl (C=O) groups is 1. The van der Waals surface area contributed by atoms with Crippen LogP contribution >= 0.6 is 0 Å². The molecule has 0 spiro atoms. The van der Waals surface area contributed by atoms with Gasteiger partial charge in [-0.25, -0.2) is 0 Å². The molecule has 0 aliphatic carbocycles. The number of hydrogen-bond donors (Lipinski definition) is 2. The number of rotatable bonds is 10. The van der Waals surface area contributed by atoms with Crippen LogP contribution in [0.2, 0.25) is 0 Å². The zero-order valence-corrected chi connectivity index (χ0v) is 11.5. The first kappa shape index (κ1) is 16.4. The van der Waals surface area contributed by atoms with Crippen molar-refractivity contribution in [1.29, 1.82) is 0 Å². The van der Waals surface area contributed by atoms with E-state index >= 15 is 0 Å². The summed E-state index contributed by atoms with van der Waals surface area (Å²) in [5.41, 5.74) is 5.40. The second-order valence-corrected chi connectivity index (χ2v) is 4.85. The lowest BCUT2D eigenvalue weighted by atomic mass is 10.0. The second kappa shape index (κ2) is 10.5. The molecule has 0 saturated carbocycles. The molecule has 0 aromatic carbocycles. The summed E-state index contributed by atoms with van der Waals surface area (Å²) in [5.74, 6) is 0.693. The molecule has 1 atom stereocenters. The van der Waals surface area contributed by atoms with Crippen molar-refractivity contribution in [1.82, 2.24) is 5.32 Å². The molecule has 0 aromatic rings. The molecule has 4 nitrogen and oxygen atoms in total. The monoisotopic (exact) mass is 244 g/mol. The maximum Gasteiger partial charge on any atom is 0.250 e. The molecule has 0 rings (SSSR count). The summed E-state index contributed by atoms with van der Waals surface area (Å²) in [7, 11) is 1.50. The summed E-state index contributed by atoms with van der Waals surface area (Å²) in [6.07, 6.45) is 5.54. The lowest BCUT2D eigenvalue weighted by Gasteiger charge is -2.12. The maximum absolute atomic E-state index is 11.5. The van der Waals surface area contributed by atoms with Crippen LogP contribution in [0.1, 0.15) is 46.0 Å². The first-order valence-electron chi connectivity index (χ1n) is 6.62. The largest absolute Gasteiger partial charge is 0.370 e. The Balaban J connectivity index is 3.36. The Kier molecular flexibility index (Phi) is 10.2. The standard InChI is InChI=1S/C13H28N2O2/c1-11(2)8-6-4-5-7-9-15-13(16)12(10-14)17-3/h11-12H,4-10,14H2,1-3H3,(H,15,16). The Hall–Kier alpha value is -0.610. The molecule has 0 bridgehead atoms. The molecule has 0 aliphatic rings. The van der Waals surface area contributed by atoms with Crippen LogP contribution in [0.3, 0.4) is 0 Å². The Morgan fingerprint density at radius 3 is 2.41 bits per heavy atom. The maximum atomic E-state index is 11.5. The van der Waals surface area contributed by atoms with E-state index in [9.17, 15) is 4.79 Å². The molecular weight excluding hydrogens is 216 g/mol. The van der Waals surface area contributed by atoms with Gasteiger partial charge in [-0.05, 0) is 12.3 Å². The molecule has 1 amide bonds. The van der Waals surface area contributed by atoms with Gasteiger partial charge in [-0.15, -0.1) is 0 Å². The molecular formula is C13H28N2O2. The molecule has 0 aromatic heterocycles. The van der Waals surface area contributed by atoms with Gasteiger partial charge in [0.15, 0.2) is 0 Å². The highest BCUT2D eigenvalue weighted by Crippen LogP contribution is 2.08. The van der Waals surface area contributed by atoms with Crippen LogP contribution in [0.15, 0.2) is 0 Å². The molecule has 0 aliphatic heterocycles. The van der Waals surface area contributed by atoms with E-state index in [-0.39, 0.29) is 12.5 Å². The van der Waals surface area contributed by atoms with Gasteiger partial charge in [-0.1, -0.05) is 39.5 Å². The van der Waals surface area contributed by atoms with Gasteiger partial charge < -0.3 is 15.8 Å². The Morgan fingerprint density at radius 1 is 1.24 bits per heavy atom. The van der Waals surface area contributed by atoms with Crippen molar-refractivity contribution >= 4 is 5.91 Å². The van der Waals surface area contributed by atoms with E-state index in [2.05, 4.69) is 19.2 Å². The van der Waals surface area contributed by atoms with Gasteiger partial charge in [0.05, 0.1) is 0 Å². The summed E-state index contributed by atoms with van der Waals surface area (Å²) < 4.78 is 4.95. The quantitative estimate of drug-likeness (QED) is 0.575. The van der Waals surface area contributed by atoms with Gasteiger partial charge in [0.25, 0.3) is 0 Å². The molecule has 102 valence electrons. The van der Waals surface area contributed by atoms with Gasteiger partial charge in [0.2, 0.25) is 5.91 Å². The van der Waals surface area contributed by atoms with Gasteiger partial charge in [-0.3, -0.25) is 4.79 Å². The van der Waals surface area contributed by atoms with E-state index in [1.54, 1.807) is 0 Å². The third-order valence-electron chi connectivity index (χ3n) is 2.80. The molecule has 17 heavy (non-hydrogen) atoms. The van der Waals surface area contributed by atoms with Crippen LogP contribution in [0, 0.1) is 5.92 Å². The van der Waals surface area contributed by atoms with Crippen LogP contribution in [-0.2, 0) is 9.53 Å². The zero-order chi connectivity index (χ0) is 13.1. The average Bonchev–Trinajstić information content (AvgIpc) is 2.29. The summed E-state index contributed by atoms with van der Waals surface area (Å²) in [4.78, 5) is 11.5. The first-order chi connectivity index (χ1) is 8.11. The molecule has 3 N–H and O–H groups in total. The van der Waals surface area contributed by atoms with Crippen molar-refractivity contribution in [2.75, 3.05) is 20.2 Å². The van der Waals surface area contributed by atoms with Gasteiger partial charge in [0, 0.05) is 20.2 Å². The summed E-state index contributed by atoms with van der Waals surface area (Å²) in [6.45, 7) is 5.45. The number of ether oxygens (including phenoxy) is 1. The van der Waals surface area contributed by atoms with Gasteiger partial charge >= 0.3 is 0 Å². The minimum absolute atomic E-state index is 0.0998. The fourth-order valence-electron chi connectivity index (χ4n) is 1.67. The van der Waals surface area contributed by atoms with Crippen LogP contribution in [-0.4, -0.2) is 32.2 Å². The highest BCUT2D eigenvalue weighted by molar-refractivity contribution is 5.80. The highest BCUT2D eigenvalue weighted by Gasteiger charge is 2.14. The van der Waals surface area contributed by atoms with E-state index < -0.39 is 6.10 Å². The fraction of sp³-hybridized carbons (Fsp3) is 0.923. The number of methoxy groups -OCH3 is 1. The normalized spacial score (nSPS) is 12.8. The third kappa shape index (κ3) is 9.12. The minimum Gasteiger partial charge on any atom is -0.370 e. The Labute approximate surface area is 105 Å². The molecule has 0 radical (unpaired) electrons. The van der Waals surface area contributed by atoms with E-state index in [0.29, 0.717) is 0 Å². The van der Waals surface area contributed by atoms with E-state index in [0.717, 1.165) is 18.9 Å². The highest BCUT2D eigenvalue weighted by atomic mass is 16.5. The molecule has 0 fully saturated rings. The fourth-order valence-corrected chi connectivity index (χ4v) is 1.67. The number of carbonyl (C=O) groups excluding carboxylic acids is 1. The predicted octanol–water partition coefficient (Wildman–Crippen LogP) is 1.68. The van der Waals surface area contributed by atoms with E-state index in [1.807, 2.05) is 0 Å². The van der Waals surface area contributed by atoms with Crippen molar-refractivity contribution in [2.45, 2.75) is 52.1 Å². The number of hydrogen-bond acceptors (Lipinski definition) is 3. The zero-order valence-electron chi connectivity index (χ0n) is 11.5. The number of amides is 1. The Morgan fingerprint density at radius 2 is 1.88 bits per heavy atom. The minimum atomic E-state index is -0.504. The lowest BCUT2D eigenvalue weighted by Crippen LogP contribution is -2.40. The predicted molar refractivity (Wildman–Crippen MR) is 70.8 cm³/mol.